The molecule has 120 valence electrons. The first-order valence-corrected chi connectivity index (χ1v) is 8.54. The number of nitrogens with two attached hydrogens (primary N) is 1. The van der Waals surface area contributed by atoms with Crippen LogP contribution in [0.1, 0.15) is 52.9 Å². The van der Waals surface area contributed by atoms with Gasteiger partial charge in [0, 0.05) is 31.7 Å². The van der Waals surface area contributed by atoms with Crippen LogP contribution in [0.5, 0.6) is 0 Å². The van der Waals surface area contributed by atoms with Gasteiger partial charge in [-0.1, -0.05) is 20.8 Å². The molecule has 1 amide bonds. The summed E-state index contributed by atoms with van der Waals surface area (Å²) in [6, 6.07) is 0.806. The first-order chi connectivity index (χ1) is 9.76. The molecule has 3 aliphatic rings. The summed E-state index contributed by atoms with van der Waals surface area (Å²) in [4.78, 5) is 17.2. The molecule has 21 heavy (non-hydrogen) atoms. The zero-order valence-electron chi connectivity index (χ0n) is 13.9. The monoisotopic (exact) mass is 293 g/mol. The van der Waals surface area contributed by atoms with Gasteiger partial charge in [-0.05, 0) is 42.9 Å². The summed E-state index contributed by atoms with van der Waals surface area (Å²) in [5.41, 5.74) is 6.66. The first kappa shape index (κ1) is 15.3. The predicted octanol–water partition coefficient (Wildman–Crippen LogP) is 1.84. The Kier molecular flexibility index (Phi) is 3.81. The molecule has 1 saturated carbocycles. The van der Waals surface area contributed by atoms with Crippen molar-refractivity contribution in [3.63, 3.8) is 0 Å². The molecule has 1 aliphatic carbocycles. The number of amides is 1. The number of likely N-dealkylation sites (tertiary alicyclic amines) is 2. The van der Waals surface area contributed by atoms with Crippen LogP contribution in [0.4, 0.5) is 0 Å². The summed E-state index contributed by atoms with van der Waals surface area (Å²) in [5.74, 6) is 0.344. The maximum absolute atomic E-state index is 12.7. The van der Waals surface area contributed by atoms with Gasteiger partial charge < -0.3 is 10.6 Å². The zero-order valence-corrected chi connectivity index (χ0v) is 13.9. The van der Waals surface area contributed by atoms with E-state index < -0.39 is 0 Å². The van der Waals surface area contributed by atoms with Crippen LogP contribution < -0.4 is 5.73 Å². The van der Waals surface area contributed by atoms with E-state index in [1.807, 2.05) is 0 Å². The lowest BCUT2D eigenvalue weighted by atomic mass is 9.65. The standard InChI is InChI=1S/C17H31N3O/c1-16(2)8-14-9-17(3,11-16)12-20(14)15(21)10-19-6-4-13(18)5-7-19/h13-14H,4-12,18H2,1-3H3. The number of carbonyl (C=O) groups excluding carboxylic acids is 1. The fourth-order valence-electron chi connectivity index (χ4n) is 5.14. The van der Waals surface area contributed by atoms with Crippen LogP contribution in [0.25, 0.3) is 0 Å². The number of fused-ring (bicyclic) bond motifs is 2. The molecule has 0 aromatic heterocycles. The highest BCUT2D eigenvalue weighted by Gasteiger charge is 2.50. The van der Waals surface area contributed by atoms with E-state index in [2.05, 4.69) is 30.6 Å². The molecule has 0 aromatic carbocycles. The van der Waals surface area contributed by atoms with E-state index in [0.29, 0.717) is 35.4 Å². The van der Waals surface area contributed by atoms with Crippen molar-refractivity contribution in [3.05, 3.63) is 0 Å². The normalized spacial score (nSPS) is 37.0. The average Bonchev–Trinajstić information content (AvgIpc) is 2.61. The highest BCUT2D eigenvalue weighted by atomic mass is 16.2. The van der Waals surface area contributed by atoms with Gasteiger partial charge in [0.25, 0.3) is 0 Å². The molecule has 2 bridgehead atoms. The van der Waals surface area contributed by atoms with Crippen molar-refractivity contribution in [2.24, 2.45) is 16.6 Å². The first-order valence-electron chi connectivity index (χ1n) is 8.54. The number of carbonyl (C=O) groups is 1. The van der Waals surface area contributed by atoms with E-state index in [1.54, 1.807) is 0 Å². The Morgan fingerprint density at radius 2 is 1.86 bits per heavy atom. The van der Waals surface area contributed by atoms with Gasteiger partial charge in [-0.25, -0.2) is 0 Å². The Labute approximate surface area is 129 Å². The lowest BCUT2D eigenvalue weighted by Crippen LogP contribution is -2.47. The molecule has 2 aliphatic heterocycles. The van der Waals surface area contributed by atoms with Crippen molar-refractivity contribution >= 4 is 5.91 Å². The van der Waals surface area contributed by atoms with E-state index >= 15 is 0 Å². The molecule has 2 atom stereocenters. The van der Waals surface area contributed by atoms with Gasteiger partial charge in [-0.3, -0.25) is 9.69 Å². The molecule has 2 heterocycles. The Morgan fingerprint density at radius 3 is 2.52 bits per heavy atom. The van der Waals surface area contributed by atoms with Crippen molar-refractivity contribution in [3.8, 4) is 0 Å². The summed E-state index contributed by atoms with van der Waals surface area (Å²) in [5, 5.41) is 0. The van der Waals surface area contributed by atoms with Gasteiger partial charge in [0.15, 0.2) is 0 Å². The maximum Gasteiger partial charge on any atom is 0.237 e. The average molecular weight is 293 g/mol. The number of hydrogen-bond acceptors (Lipinski definition) is 3. The molecule has 3 fully saturated rings. The van der Waals surface area contributed by atoms with Crippen molar-refractivity contribution in [2.75, 3.05) is 26.2 Å². The zero-order chi connectivity index (χ0) is 15.3. The molecule has 4 heteroatoms. The van der Waals surface area contributed by atoms with Gasteiger partial charge in [0.2, 0.25) is 5.91 Å². The minimum Gasteiger partial charge on any atom is -0.338 e. The molecule has 0 spiro atoms. The largest absolute Gasteiger partial charge is 0.338 e. The second-order valence-electron chi connectivity index (χ2n) is 8.85. The molecule has 2 unspecified atom stereocenters. The smallest absolute Gasteiger partial charge is 0.237 e. The summed E-state index contributed by atoms with van der Waals surface area (Å²) in [6.07, 6.45) is 5.67. The quantitative estimate of drug-likeness (QED) is 0.845. The SMILES string of the molecule is CC1(C)CC2CC(C)(CN2C(=O)CN2CCC(N)CC2)C1. The van der Waals surface area contributed by atoms with Crippen LogP contribution in [0.15, 0.2) is 0 Å². The fourth-order valence-corrected chi connectivity index (χ4v) is 5.14. The van der Waals surface area contributed by atoms with Gasteiger partial charge in [-0.15, -0.1) is 0 Å². The third kappa shape index (κ3) is 3.26. The minimum atomic E-state index is 0.335. The second-order valence-corrected chi connectivity index (χ2v) is 8.85. The van der Waals surface area contributed by atoms with E-state index in [4.69, 9.17) is 5.73 Å². The third-order valence-corrected chi connectivity index (χ3v) is 5.73. The van der Waals surface area contributed by atoms with Crippen molar-refractivity contribution < 1.29 is 4.79 Å². The van der Waals surface area contributed by atoms with Crippen molar-refractivity contribution in [2.45, 2.75) is 65.0 Å². The Morgan fingerprint density at radius 1 is 1.19 bits per heavy atom. The molecular formula is C17H31N3O. The van der Waals surface area contributed by atoms with Gasteiger partial charge >= 0.3 is 0 Å². The van der Waals surface area contributed by atoms with Gasteiger partial charge in [-0.2, -0.15) is 0 Å². The molecule has 0 aromatic rings. The lowest BCUT2D eigenvalue weighted by Gasteiger charge is -2.39. The molecule has 3 rings (SSSR count). The molecule has 2 N–H and O–H groups in total. The number of hydrogen-bond donors (Lipinski definition) is 1. The van der Waals surface area contributed by atoms with Crippen LogP contribution in [0.3, 0.4) is 0 Å². The highest BCUT2D eigenvalue weighted by Crippen LogP contribution is 2.52. The fraction of sp³-hybridized carbons (Fsp3) is 0.941. The van der Waals surface area contributed by atoms with Crippen LogP contribution in [0, 0.1) is 10.8 Å². The second kappa shape index (κ2) is 5.24. The van der Waals surface area contributed by atoms with E-state index in [0.717, 1.165) is 32.5 Å². The number of rotatable bonds is 2. The molecule has 0 radical (unpaired) electrons. The van der Waals surface area contributed by atoms with Crippen molar-refractivity contribution in [1.29, 1.82) is 0 Å². The maximum atomic E-state index is 12.7. The van der Waals surface area contributed by atoms with E-state index in [9.17, 15) is 4.79 Å². The number of nitrogens with zero attached hydrogens (tertiary/aromatic N) is 2. The summed E-state index contributed by atoms with van der Waals surface area (Å²) in [7, 11) is 0. The molecular weight excluding hydrogens is 262 g/mol. The Balaban J connectivity index is 1.61. The van der Waals surface area contributed by atoms with E-state index in [1.165, 1.54) is 19.3 Å². The summed E-state index contributed by atoms with van der Waals surface area (Å²) < 4.78 is 0. The van der Waals surface area contributed by atoms with Crippen LogP contribution in [0.2, 0.25) is 0 Å². The summed E-state index contributed by atoms with van der Waals surface area (Å²) >= 11 is 0. The Hall–Kier alpha value is -0.610. The third-order valence-electron chi connectivity index (χ3n) is 5.73. The van der Waals surface area contributed by atoms with Gasteiger partial charge in [0.1, 0.15) is 0 Å². The van der Waals surface area contributed by atoms with Crippen molar-refractivity contribution in [1.82, 2.24) is 9.80 Å². The predicted molar refractivity (Wildman–Crippen MR) is 84.9 cm³/mol. The highest BCUT2D eigenvalue weighted by molar-refractivity contribution is 5.79. The molecule has 4 nitrogen and oxygen atoms in total. The van der Waals surface area contributed by atoms with Crippen LogP contribution >= 0.6 is 0 Å². The number of piperidine rings is 1. The topological polar surface area (TPSA) is 49.6 Å². The van der Waals surface area contributed by atoms with Gasteiger partial charge in [0.05, 0.1) is 6.54 Å². The van der Waals surface area contributed by atoms with Crippen LogP contribution in [-0.2, 0) is 4.79 Å². The lowest BCUT2D eigenvalue weighted by molar-refractivity contribution is -0.133. The Bertz CT molecular complexity index is 414. The molecule has 2 saturated heterocycles. The van der Waals surface area contributed by atoms with Crippen LogP contribution in [-0.4, -0.2) is 54.0 Å². The minimum absolute atomic E-state index is 0.335. The summed E-state index contributed by atoms with van der Waals surface area (Å²) in [6.45, 7) is 10.6. The van der Waals surface area contributed by atoms with E-state index in [-0.39, 0.29) is 0 Å².